The van der Waals surface area contributed by atoms with Gasteiger partial charge in [-0.1, -0.05) is 36.4 Å². The summed E-state index contributed by atoms with van der Waals surface area (Å²) in [5, 5.41) is 7.76. The molecule has 2 amide bonds. The molecule has 36 heavy (non-hydrogen) atoms. The highest BCUT2D eigenvalue weighted by Crippen LogP contribution is 2.30. The maximum atomic E-state index is 12.7. The third-order valence-electron chi connectivity index (χ3n) is 6.56. The van der Waals surface area contributed by atoms with Gasteiger partial charge >= 0.3 is 11.8 Å². The van der Waals surface area contributed by atoms with Crippen molar-refractivity contribution in [1.29, 1.82) is 0 Å². The molecule has 0 aliphatic carbocycles. The van der Waals surface area contributed by atoms with Gasteiger partial charge in [-0.05, 0) is 54.6 Å². The number of anilines is 1. The van der Waals surface area contributed by atoms with E-state index in [4.69, 9.17) is 4.74 Å². The van der Waals surface area contributed by atoms with Crippen molar-refractivity contribution < 1.29 is 14.3 Å². The number of nitrogens with one attached hydrogen (secondary N) is 2. The molecule has 0 bridgehead atoms. The average Bonchev–Trinajstić information content (AvgIpc) is 3.44. The molecule has 2 aromatic carbocycles. The van der Waals surface area contributed by atoms with Gasteiger partial charge in [-0.25, -0.2) is 0 Å². The smallest absolute Gasteiger partial charge is 0.309 e. The number of amides is 2. The molecule has 2 atom stereocenters. The predicted octanol–water partition coefficient (Wildman–Crippen LogP) is 3.48. The third kappa shape index (κ3) is 6.65. The number of benzene rings is 2. The summed E-state index contributed by atoms with van der Waals surface area (Å²) in [6.07, 6.45) is 0.641. The topological polar surface area (TPSA) is 73.9 Å². The van der Waals surface area contributed by atoms with Gasteiger partial charge in [0.2, 0.25) is 0 Å². The van der Waals surface area contributed by atoms with Gasteiger partial charge in [0.1, 0.15) is 5.75 Å². The first kappa shape index (κ1) is 25.7. The zero-order chi connectivity index (χ0) is 25.3. The number of carbonyl (C=O) groups excluding carboxylic acids is 2. The van der Waals surface area contributed by atoms with Crippen LogP contribution in [0.4, 0.5) is 5.69 Å². The number of methoxy groups -OCH3 is 1. The molecule has 4 rings (SSSR count). The number of carbonyl (C=O) groups is 2. The van der Waals surface area contributed by atoms with E-state index in [-0.39, 0.29) is 12.1 Å². The Morgan fingerprint density at radius 1 is 0.944 bits per heavy atom. The number of nitrogens with zero attached hydrogens (tertiary/aromatic N) is 2. The van der Waals surface area contributed by atoms with E-state index in [9.17, 15) is 9.59 Å². The Balaban J connectivity index is 1.31. The van der Waals surface area contributed by atoms with Gasteiger partial charge in [-0.3, -0.25) is 14.5 Å². The van der Waals surface area contributed by atoms with E-state index < -0.39 is 11.8 Å². The standard InChI is InChI=1S/C28H34N4O3S/c1-21(30-28(34)27(33)29-15-14-22-10-12-24(35-2)13-11-22)26(25-9-6-20-36-25)32-18-16-31(17-19-32)23-7-4-3-5-8-23/h3-13,20-21,26H,14-19H2,1-2H3,(H,29,33)(H,30,34)/t21-,26-/m0/s1. The second-order valence-electron chi connectivity index (χ2n) is 8.93. The molecular formula is C28H34N4O3S. The molecule has 2 heterocycles. The first-order valence-corrected chi connectivity index (χ1v) is 13.2. The summed E-state index contributed by atoms with van der Waals surface area (Å²) in [5.74, 6) is -0.408. The monoisotopic (exact) mass is 506 g/mol. The molecule has 1 fully saturated rings. The van der Waals surface area contributed by atoms with Crippen LogP contribution < -0.4 is 20.3 Å². The van der Waals surface area contributed by atoms with Crippen molar-refractivity contribution in [2.45, 2.75) is 25.4 Å². The summed E-state index contributed by atoms with van der Waals surface area (Å²) in [6, 6.07) is 22.1. The Morgan fingerprint density at radius 2 is 1.67 bits per heavy atom. The summed E-state index contributed by atoms with van der Waals surface area (Å²) >= 11 is 1.68. The van der Waals surface area contributed by atoms with E-state index in [2.05, 4.69) is 56.1 Å². The summed E-state index contributed by atoms with van der Waals surface area (Å²) in [5.41, 5.74) is 2.30. The Hall–Kier alpha value is -3.36. The Labute approximate surface area is 217 Å². The van der Waals surface area contributed by atoms with E-state index in [0.29, 0.717) is 13.0 Å². The van der Waals surface area contributed by atoms with Crippen molar-refractivity contribution in [3.63, 3.8) is 0 Å². The van der Waals surface area contributed by atoms with Crippen LogP contribution in [-0.2, 0) is 16.0 Å². The van der Waals surface area contributed by atoms with Gasteiger partial charge in [0.25, 0.3) is 0 Å². The fourth-order valence-corrected chi connectivity index (χ4v) is 5.61. The van der Waals surface area contributed by atoms with Gasteiger partial charge < -0.3 is 20.3 Å². The lowest BCUT2D eigenvalue weighted by Crippen LogP contribution is -2.53. The largest absolute Gasteiger partial charge is 0.497 e. The van der Waals surface area contributed by atoms with Gasteiger partial charge in [0.15, 0.2) is 0 Å². The zero-order valence-electron chi connectivity index (χ0n) is 20.9. The van der Waals surface area contributed by atoms with E-state index in [1.54, 1.807) is 18.4 Å². The molecule has 1 aromatic heterocycles. The second kappa shape index (κ2) is 12.6. The zero-order valence-corrected chi connectivity index (χ0v) is 21.7. The number of thiophene rings is 1. The fraction of sp³-hybridized carbons (Fsp3) is 0.357. The molecule has 0 unspecified atom stereocenters. The number of hydrogen-bond acceptors (Lipinski definition) is 6. The van der Waals surface area contributed by atoms with Crippen LogP contribution in [0, 0.1) is 0 Å². The molecule has 1 saturated heterocycles. The average molecular weight is 507 g/mol. The van der Waals surface area contributed by atoms with Crippen LogP contribution in [0.2, 0.25) is 0 Å². The molecule has 2 N–H and O–H groups in total. The minimum absolute atomic E-state index is 0.0129. The van der Waals surface area contributed by atoms with Crippen molar-refractivity contribution in [3.8, 4) is 5.75 Å². The van der Waals surface area contributed by atoms with Crippen molar-refractivity contribution in [3.05, 3.63) is 82.6 Å². The first-order chi connectivity index (χ1) is 17.5. The van der Waals surface area contributed by atoms with Crippen molar-refractivity contribution in [1.82, 2.24) is 15.5 Å². The van der Waals surface area contributed by atoms with Crippen molar-refractivity contribution >= 4 is 28.8 Å². The van der Waals surface area contributed by atoms with E-state index in [0.717, 1.165) is 37.5 Å². The highest BCUT2D eigenvalue weighted by atomic mass is 32.1. The van der Waals surface area contributed by atoms with Crippen LogP contribution in [-0.4, -0.2) is 62.6 Å². The Morgan fingerprint density at radius 3 is 2.31 bits per heavy atom. The number of hydrogen-bond donors (Lipinski definition) is 2. The Kier molecular flexibility index (Phi) is 8.97. The van der Waals surface area contributed by atoms with Crippen LogP contribution in [0.15, 0.2) is 72.1 Å². The maximum Gasteiger partial charge on any atom is 0.309 e. The normalized spacial score (nSPS) is 15.7. The molecule has 1 aliphatic rings. The first-order valence-electron chi connectivity index (χ1n) is 12.3. The number of rotatable bonds is 9. The molecular weight excluding hydrogens is 472 g/mol. The molecule has 0 spiro atoms. The third-order valence-corrected chi connectivity index (χ3v) is 7.50. The Bertz CT molecular complexity index is 1100. The number of ether oxygens (including phenoxy) is 1. The predicted molar refractivity (Wildman–Crippen MR) is 145 cm³/mol. The lowest BCUT2D eigenvalue weighted by atomic mass is 10.0. The van der Waals surface area contributed by atoms with Crippen LogP contribution in [0.25, 0.3) is 0 Å². The maximum absolute atomic E-state index is 12.7. The molecule has 1 aliphatic heterocycles. The van der Waals surface area contributed by atoms with E-state index >= 15 is 0 Å². The summed E-state index contributed by atoms with van der Waals surface area (Å²) in [4.78, 5) is 31.2. The summed E-state index contributed by atoms with van der Waals surface area (Å²) in [6.45, 7) is 5.97. The van der Waals surface area contributed by atoms with Gasteiger partial charge in [-0.15, -0.1) is 11.3 Å². The quantitative estimate of drug-likeness (QED) is 0.435. The SMILES string of the molecule is COc1ccc(CCNC(=O)C(=O)N[C@@H](C)[C@@H](c2cccs2)N2CCN(c3ccccc3)CC2)cc1. The molecule has 0 radical (unpaired) electrons. The van der Waals surface area contributed by atoms with Gasteiger partial charge in [0.05, 0.1) is 13.2 Å². The van der Waals surface area contributed by atoms with E-state index in [1.807, 2.05) is 43.3 Å². The van der Waals surface area contributed by atoms with Crippen molar-refractivity contribution in [2.75, 3.05) is 44.7 Å². The van der Waals surface area contributed by atoms with E-state index in [1.165, 1.54) is 10.6 Å². The molecule has 7 nitrogen and oxygen atoms in total. The lowest BCUT2D eigenvalue weighted by Gasteiger charge is -2.42. The molecule has 0 saturated carbocycles. The summed E-state index contributed by atoms with van der Waals surface area (Å²) in [7, 11) is 1.63. The number of para-hydroxylation sites is 1. The molecule has 190 valence electrons. The van der Waals surface area contributed by atoms with Crippen LogP contribution >= 0.6 is 11.3 Å². The minimum Gasteiger partial charge on any atom is -0.497 e. The fourth-order valence-electron chi connectivity index (χ4n) is 4.64. The van der Waals surface area contributed by atoms with Crippen LogP contribution in [0.5, 0.6) is 5.75 Å². The molecule has 8 heteroatoms. The van der Waals surface area contributed by atoms with Crippen LogP contribution in [0.1, 0.15) is 23.4 Å². The summed E-state index contributed by atoms with van der Waals surface area (Å²) < 4.78 is 5.17. The van der Waals surface area contributed by atoms with Crippen LogP contribution in [0.3, 0.4) is 0 Å². The van der Waals surface area contributed by atoms with Gasteiger partial charge in [-0.2, -0.15) is 0 Å². The van der Waals surface area contributed by atoms with Crippen molar-refractivity contribution in [2.24, 2.45) is 0 Å². The minimum atomic E-state index is -0.603. The highest BCUT2D eigenvalue weighted by molar-refractivity contribution is 7.10. The second-order valence-corrected chi connectivity index (χ2v) is 9.91. The number of piperazine rings is 1. The lowest BCUT2D eigenvalue weighted by molar-refractivity contribution is -0.139. The molecule has 3 aromatic rings. The highest BCUT2D eigenvalue weighted by Gasteiger charge is 2.31. The van der Waals surface area contributed by atoms with Gasteiger partial charge in [0, 0.05) is 49.3 Å².